The molecule has 4 nitrogen and oxygen atoms in total. The van der Waals surface area contributed by atoms with Crippen LogP contribution >= 0.6 is 0 Å². The summed E-state index contributed by atoms with van der Waals surface area (Å²) in [5, 5.41) is 3.18. The number of aliphatic imine (C=N–C) groups is 1. The van der Waals surface area contributed by atoms with Gasteiger partial charge in [-0.05, 0) is 51.6 Å². The van der Waals surface area contributed by atoms with E-state index in [0.29, 0.717) is 17.9 Å². The second-order valence-corrected chi connectivity index (χ2v) is 6.11. The molecule has 0 saturated carbocycles. The van der Waals surface area contributed by atoms with Crippen molar-refractivity contribution in [1.29, 1.82) is 0 Å². The number of hydrogen-bond donors (Lipinski definition) is 2. The average molecular weight is 268 g/mol. The largest absolute Gasteiger partial charge is 0.370 e. The average Bonchev–Trinajstić information content (AvgIpc) is 2.39. The predicted octanol–water partition coefficient (Wildman–Crippen LogP) is 2.20. The topological polar surface area (TPSA) is 53.6 Å². The molecular weight excluding hydrogens is 236 g/mol. The molecule has 4 heteroatoms. The summed E-state index contributed by atoms with van der Waals surface area (Å²) in [6.45, 7) is 11.0. The highest BCUT2D eigenvalue weighted by Crippen LogP contribution is 2.13. The minimum absolute atomic E-state index is 0.603. The van der Waals surface area contributed by atoms with E-state index in [1.54, 1.807) is 0 Å². The molecule has 1 aliphatic rings. The van der Waals surface area contributed by atoms with Crippen molar-refractivity contribution in [3.05, 3.63) is 0 Å². The van der Waals surface area contributed by atoms with E-state index in [1.165, 1.54) is 32.4 Å². The monoisotopic (exact) mass is 268 g/mol. The number of nitrogens with zero attached hydrogens (tertiary/aromatic N) is 2. The smallest absolute Gasteiger partial charge is 0.188 e. The van der Waals surface area contributed by atoms with Gasteiger partial charge >= 0.3 is 0 Å². The van der Waals surface area contributed by atoms with E-state index in [2.05, 4.69) is 36.0 Å². The van der Waals surface area contributed by atoms with Crippen LogP contribution in [0, 0.1) is 5.92 Å². The highest BCUT2D eigenvalue weighted by molar-refractivity contribution is 5.77. The molecule has 0 radical (unpaired) electrons. The van der Waals surface area contributed by atoms with Gasteiger partial charge in [0.25, 0.3) is 0 Å². The Kier molecular flexibility index (Phi) is 7.87. The van der Waals surface area contributed by atoms with Gasteiger partial charge in [-0.15, -0.1) is 0 Å². The van der Waals surface area contributed by atoms with Gasteiger partial charge in [0.1, 0.15) is 0 Å². The van der Waals surface area contributed by atoms with Crippen LogP contribution in [-0.4, -0.2) is 43.1 Å². The fourth-order valence-corrected chi connectivity index (χ4v) is 2.46. The zero-order valence-corrected chi connectivity index (χ0v) is 13.0. The summed E-state index contributed by atoms with van der Waals surface area (Å²) in [5.41, 5.74) is 5.85. The van der Waals surface area contributed by atoms with Crippen molar-refractivity contribution in [1.82, 2.24) is 10.2 Å². The molecule has 0 bridgehead atoms. The van der Waals surface area contributed by atoms with Crippen molar-refractivity contribution >= 4 is 5.96 Å². The third-order valence-corrected chi connectivity index (χ3v) is 3.87. The van der Waals surface area contributed by atoms with Crippen LogP contribution in [0.5, 0.6) is 0 Å². The number of piperidine rings is 1. The SMILES string of the molecule is CC(C)CCNC(N)=NCCC(C)N1CCCCC1. The van der Waals surface area contributed by atoms with Crippen LogP contribution in [0.1, 0.15) is 52.9 Å². The lowest BCUT2D eigenvalue weighted by atomic mass is 10.1. The fourth-order valence-electron chi connectivity index (χ4n) is 2.46. The van der Waals surface area contributed by atoms with Crippen molar-refractivity contribution in [2.24, 2.45) is 16.6 Å². The molecule has 0 aromatic carbocycles. The first kappa shape index (κ1) is 16.3. The summed E-state index contributed by atoms with van der Waals surface area (Å²) in [7, 11) is 0. The second kappa shape index (κ2) is 9.18. The van der Waals surface area contributed by atoms with E-state index in [1.807, 2.05) is 0 Å². The predicted molar refractivity (Wildman–Crippen MR) is 83.5 cm³/mol. The number of likely N-dealkylation sites (tertiary alicyclic amines) is 1. The zero-order chi connectivity index (χ0) is 14.1. The number of nitrogens with two attached hydrogens (primary N) is 1. The quantitative estimate of drug-likeness (QED) is 0.550. The lowest BCUT2D eigenvalue weighted by molar-refractivity contribution is 0.168. The maximum atomic E-state index is 5.85. The van der Waals surface area contributed by atoms with Gasteiger partial charge in [0.05, 0.1) is 0 Å². The summed E-state index contributed by atoms with van der Waals surface area (Å²) < 4.78 is 0. The van der Waals surface area contributed by atoms with Gasteiger partial charge < -0.3 is 16.0 Å². The van der Waals surface area contributed by atoms with Gasteiger partial charge in [0.2, 0.25) is 0 Å². The van der Waals surface area contributed by atoms with Gasteiger partial charge in [-0.3, -0.25) is 4.99 Å². The van der Waals surface area contributed by atoms with Crippen LogP contribution in [0.15, 0.2) is 4.99 Å². The molecule has 0 aromatic heterocycles. The molecule has 3 N–H and O–H groups in total. The highest BCUT2D eigenvalue weighted by atomic mass is 15.2. The van der Waals surface area contributed by atoms with Crippen molar-refractivity contribution in [3.8, 4) is 0 Å². The second-order valence-electron chi connectivity index (χ2n) is 6.11. The third-order valence-electron chi connectivity index (χ3n) is 3.87. The van der Waals surface area contributed by atoms with E-state index in [-0.39, 0.29) is 0 Å². The molecule has 0 aliphatic carbocycles. The number of hydrogen-bond acceptors (Lipinski definition) is 2. The zero-order valence-electron chi connectivity index (χ0n) is 13.0. The van der Waals surface area contributed by atoms with Crippen LogP contribution in [0.4, 0.5) is 0 Å². The Balaban J connectivity index is 2.13. The molecule has 1 atom stereocenters. The van der Waals surface area contributed by atoms with Crippen molar-refractivity contribution < 1.29 is 0 Å². The Morgan fingerprint density at radius 2 is 1.84 bits per heavy atom. The number of nitrogens with one attached hydrogen (secondary N) is 1. The van der Waals surface area contributed by atoms with E-state index in [0.717, 1.165) is 25.9 Å². The molecular formula is C15H32N4. The molecule has 1 saturated heterocycles. The molecule has 112 valence electrons. The summed E-state index contributed by atoms with van der Waals surface area (Å²) in [6, 6.07) is 0.632. The Morgan fingerprint density at radius 1 is 1.16 bits per heavy atom. The summed E-state index contributed by atoms with van der Waals surface area (Å²) in [6.07, 6.45) is 6.35. The molecule has 1 rings (SSSR count). The van der Waals surface area contributed by atoms with Crippen LogP contribution in [0.25, 0.3) is 0 Å². The van der Waals surface area contributed by atoms with Crippen LogP contribution < -0.4 is 11.1 Å². The first-order chi connectivity index (χ1) is 9.09. The van der Waals surface area contributed by atoms with E-state index < -0.39 is 0 Å². The van der Waals surface area contributed by atoms with Crippen LogP contribution in [0.2, 0.25) is 0 Å². The van der Waals surface area contributed by atoms with Crippen molar-refractivity contribution in [2.75, 3.05) is 26.2 Å². The molecule has 1 fully saturated rings. The number of guanidine groups is 1. The first-order valence-corrected chi connectivity index (χ1v) is 7.87. The maximum Gasteiger partial charge on any atom is 0.188 e. The standard InChI is InChI=1S/C15H32N4/c1-13(2)7-9-17-15(16)18-10-8-14(3)19-11-5-4-6-12-19/h13-14H,4-12H2,1-3H3,(H3,16,17,18). The Bertz CT molecular complexity index is 257. The fraction of sp³-hybridized carbons (Fsp3) is 0.933. The minimum Gasteiger partial charge on any atom is -0.370 e. The highest BCUT2D eigenvalue weighted by Gasteiger charge is 2.15. The van der Waals surface area contributed by atoms with E-state index >= 15 is 0 Å². The molecule has 0 amide bonds. The molecule has 0 aromatic rings. The Labute approximate surface area is 118 Å². The summed E-state index contributed by atoms with van der Waals surface area (Å²) in [4.78, 5) is 7.00. The lowest BCUT2D eigenvalue weighted by Crippen LogP contribution is -2.38. The molecule has 1 unspecified atom stereocenters. The van der Waals surface area contributed by atoms with Crippen LogP contribution in [-0.2, 0) is 0 Å². The van der Waals surface area contributed by atoms with Gasteiger partial charge in [0.15, 0.2) is 5.96 Å². The lowest BCUT2D eigenvalue weighted by Gasteiger charge is -2.32. The molecule has 1 aliphatic heterocycles. The van der Waals surface area contributed by atoms with Gasteiger partial charge in [0, 0.05) is 19.1 Å². The summed E-state index contributed by atoms with van der Waals surface area (Å²) >= 11 is 0. The van der Waals surface area contributed by atoms with Crippen LogP contribution in [0.3, 0.4) is 0 Å². The van der Waals surface area contributed by atoms with E-state index in [4.69, 9.17) is 5.73 Å². The molecule has 1 heterocycles. The Morgan fingerprint density at radius 3 is 2.47 bits per heavy atom. The van der Waals surface area contributed by atoms with Crippen molar-refractivity contribution in [3.63, 3.8) is 0 Å². The first-order valence-electron chi connectivity index (χ1n) is 7.87. The minimum atomic E-state index is 0.603. The summed E-state index contributed by atoms with van der Waals surface area (Å²) in [5.74, 6) is 1.31. The number of rotatable bonds is 7. The maximum absolute atomic E-state index is 5.85. The Hall–Kier alpha value is -0.770. The van der Waals surface area contributed by atoms with Gasteiger partial charge in [-0.25, -0.2) is 0 Å². The van der Waals surface area contributed by atoms with Gasteiger partial charge in [-0.1, -0.05) is 20.3 Å². The molecule has 19 heavy (non-hydrogen) atoms. The van der Waals surface area contributed by atoms with Crippen molar-refractivity contribution in [2.45, 2.75) is 58.9 Å². The third kappa shape index (κ3) is 7.41. The normalized spacial score (nSPS) is 19.7. The van der Waals surface area contributed by atoms with Gasteiger partial charge in [-0.2, -0.15) is 0 Å². The van der Waals surface area contributed by atoms with E-state index in [9.17, 15) is 0 Å². The molecule has 0 spiro atoms.